The van der Waals surface area contributed by atoms with Crippen molar-refractivity contribution >= 4 is 18.3 Å². The summed E-state index contributed by atoms with van der Waals surface area (Å²) in [6.45, 7) is 0.220. The predicted molar refractivity (Wildman–Crippen MR) is 71.1 cm³/mol. The number of allylic oxidation sites excluding steroid dienone is 1. The molecule has 0 atom stereocenters. The number of carbonyl (C=O) groups is 1. The second-order valence-electron chi connectivity index (χ2n) is 4.18. The van der Waals surface area contributed by atoms with Gasteiger partial charge >= 0.3 is 0 Å². The van der Waals surface area contributed by atoms with Crippen LogP contribution in [0, 0.1) is 0 Å². The zero-order valence-electron chi connectivity index (χ0n) is 10.2. The molecule has 2 aliphatic rings. The minimum atomic E-state index is -0.119. The Morgan fingerprint density at radius 2 is 2.05 bits per heavy atom. The van der Waals surface area contributed by atoms with Crippen molar-refractivity contribution in [3.63, 3.8) is 0 Å². The number of likely N-dealkylation sites (N-methyl/N-ethyl adjacent to an activating group) is 1. The highest BCUT2D eigenvalue weighted by Gasteiger charge is 2.28. The highest BCUT2D eigenvalue weighted by molar-refractivity contribution is 5.98. The number of carbonyl (C=O) groups excluding carboxylic acids is 1. The molecule has 0 spiro atoms. The molecule has 1 aromatic rings. The smallest absolute Gasteiger partial charge is 0.261 e. The number of nitrogens with zero attached hydrogens (tertiary/aromatic N) is 2. The summed E-state index contributed by atoms with van der Waals surface area (Å²) in [4.78, 5) is 13.8. The first-order valence-electron chi connectivity index (χ1n) is 5.58. The largest absolute Gasteiger partial charge is 0.457 e. The second-order valence-corrected chi connectivity index (χ2v) is 4.18. The van der Waals surface area contributed by atoms with E-state index >= 15 is 0 Å². The first kappa shape index (κ1) is 13.5. The van der Waals surface area contributed by atoms with Crippen LogP contribution in [-0.2, 0) is 0 Å². The molecule has 19 heavy (non-hydrogen) atoms. The van der Waals surface area contributed by atoms with Crippen LogP contribution in [0.25, 0.3) is 0 Å². The molecule has 0 aliphatic carbocycles. The SMILES string of the molecule is CN1C(=O)c2ccccc2OC2=C1C=CN(O)C2.Cl. The number of rotatable bonds is 0. The molecule has 0 bridgehead atoms. The molecule has 100 valence electrons. The molecule has 0 aromatic heterocycles. The number of ether oxygens (including phenoxy) is 1. The number of hydrogen-bond donors (Lipinski definition) is 1. The third-order valence-corrected chi connectivity index (χ3v) is 3.01. The molecule has 0 saturated heterocycles. The van der Waals surface area contributed by atoms with E-state index in [4.69, 9.17) is 4.74 Å². The van der Waals surface area contributed by atoms with Gasteiger partial charge in [-0.3, -0.25) is 15.1 Å². The minimum absolute atomic E-state index is 0. The highest BCUT2D eigenvalue weighted by Crippen LogP contribution is 2.30. The van der Waals surface area contributed by atoms with Gasteiger partial charge in [0, 0.05) is 13.2 Å². The van der Waals surface area contributed by atoms with E-state index < -0.39 is 0 Å². The van der Waals surface area contributed by atoms with Gasteiger partial charge < -0.3 is 9.64 Å². The average molecular weight is 281 g/mol. The standard InChI is InChI=1S/C13H12N2O3.ClH/c1-14-10-6-7-15(17)8-12(10)18-11-5-3-2-4-9(11)13(14)16;/h2-7,17H,8H2,1H3;1H. The summed E-state index contributed by atoms with van der Waals surface area (Å²) in [5, 5.41) is 10.5. The van der Waals surface area contributed by atoms with Crippen LogP contribution in [0.2, 0.25) is 0 Å². The predicted octanol–water partition coefficient (Wildman–Crippen LogP) is 2.00. The second kappa shape index (κ2) is 4.95. The van der Waals surface area contributed by atoms with Gasteiger partial charge in [0.2, 0.25) is 0 Å². The van der Waals surface area contributed by atoms with E-state index in [0.717, 1.165) is 5.06 Å². The molecule has 0 radical (unpaired) electrons. The molecule has 3 rings (SSSR count). The van der Waals surface area contributed by atoms with E-state index in [1.807, 2.05) is 6.07 Å². The number of hydroxylamine groups is 2. The lowest BCUT2D eigenvalue weighted by atomic mass is 10.2. The van der Waals surface area contributed by atoms with Crippen LogP contribution >= 0.6 is 12.4 Å². The third-order valence-electron chi connectivity index (χ3n) is 3.01. The van der Waals surface area contributed by atoms with Crippen LogP contribution in [0.4, 0.5) is 0 Å². The maximum absolute atomic E-state index is 12.3. The number of hydrogen-bond acceptors (Lipinski definition) is 4. The van der Waals surface area contributed by atoms with Gasteiger partial charge in [0.25, 0.3) is 5.91 Å². The highest BCUT2D eigenvalue weighted by atomic mass is 35.5. The normalized spacial score (nSPS) is 17.3. The lowest BCUT2D eigenvalue weighted by molar-refractivity contribution is -0.0407. The molecule has 0 unspecified atom stereocenters. The summed E-state index contributed by atoms with van der Waals surface area (Å²) in [7, 11) is 1.69. The number of amides is 1. The van der Waals surface area contributed by atoms with Crippen LogP contribution in [0.3, 0.4) is 0 Å². The Labute approximate surface area is 116 Å². The fourth-order valence-electron chi connectivity index (χ4n) is 2.07. The van der Waals surface area contributed by atoms with Crippen molar-refractivity contribution in [2.24, 2.45) is 0 Å². The number of fused-ring (bicyclic) bond motifs is 1. The molecule has 0 fully saturated rings. The van der Waals surface area contributed by atoms with Gasteiger partial charge in [-0.1, -0.05) is 12.1 Å². The van der Waals surface area contributed by atoms with E-state index in [2.05, 4.69) is 0 Å². The lowest BCUT2D eigenvalue weighted by Crippen LogP contribution is -2.30. The molecule has 1 aromatic carbocycles. The van der Waals surface area contributed by atoms with Crippen LogP contribution in [0.1, 0.15) is 10.4 Å². The van der Waals surface area contributed by atoms with Crippen molar-refractivity contribution in [1.29, 1.82) is 0 Å². The van der Waals surface area contributed by atoms with Gasteiger partial charge in [0.15, 0.2) is 0 Å². The first-order valence-corrected chi connectivity index (χ1v) is 5.58. The van der Waals surface area contributed by atoms with Gasteiger partial charge in [-0.2, -0.15) is 0 Å². The van der Waals surface area contributed by atoms with Gasteiger partial charge in [-0.25, -0.2) is 0 Å². The molecular weight excluding hydrogens is 268 g/mol. The lowest BCUT2D eigenvalue weighted by Gasteiger charge is -2.24. The Bertz CT molecular complexity index is 583. The fourth-order valence-corrected chi connectivity index (χ4v) is 2.07. The number of halogens is 1. The van der Waals surface area contributed by atoms with E-state index in [-0.39, 0.29) is 24.9 Å². The van der Waals surface area contributed by atoms with Crippen molar-refractivity contribution in [2.75, 3.05) is 13.6 Å². The van der Waals surface area contributed by atoms with Crippen LogP contribution in [-0.4, -0.2) is 34.7 Å². The maximum Gasteiger partial charge on any atom is 0.261 e. The van der Waals surface area contributed by atoms with Gasteiger partial charge in [0.05, 0.1) is 11.3 Å². The van der Waals surface area contributed by atoms with E-state index in [1.54, 1.807) is 31.3 Å². The van der Waals surface area contributed by atoms with E-state index in [1.165, 1.54) is 11.1 Å². The summed E-state index contributed by atoms with van der Waals surface area (Å²) < 4.78 is 5.74. The summed E-state index contributed by atoms with van der Waals surface area (Å²) in [5.74, 6) is 0.954. The third kappa shape index (κ3) is 2.18. The topological polar surface area (TPSA) is 53.0 Å². The van der Waals surface area contributed by atoms with E-state index in [9.17, 15) is 10.0 Å². The minimum Gasteiger partial charge on any atom is -0.457 e. The molecule has 0 saturated carbocycles. The Morgan fingerprint density at radius 3 is 2.84 bits per heavy atom. The number of para-hydroxylation sites is 1. The Morgan fingerprint density at radius 1 is 1.32 bits per heavy atom. The molecule has 2 heterocycles. The van der Waals surface area contributed by atoms with Gasteiger partial charge in [0.1, 0.15) is 18.1 Å². The van der Waals surface area contributed by atoms with Gasteiger partial charge in [-0.05, 0) is 18.2 Å². The van der Waals surface area contributed by atoms with Crippen molar-refractivity contribution < 1.29 is 14.7 Å². The van der Waals surface area contributed by atoms with Crippen molar-refractivity contribution in [2.45, 2.75) is 0 Å². The molecular formula is C13H13ClN2O3. The molecule has 5 nitrogen and oxygen atoms in total. The molecule has 2 aliphatic heterocycles. The number of benzene rings is 1. The van der Waals surface area contributed by atoms with Crippen LogP contribution < -0.4 is 4.74 Å². The zero-order valence-corrected chi connectivity index (χ0v) is 11.1. The molecule has 1 amide bonds. The molecule has 6 heteroatoms. The van der Waals surface area contributed by atoms with Crippen LogP contribution in [0.5, 0.6) is 5.75 Å². The Kier molecular flexibility index (Phi) is 3.50. The average Bonchev–Trinajstić information content (AvgIpc) is 2.47. The summed E-state index contributed by atoms with van der Waals surface area (Å²) in [6.07, 6.45) is 3.16. The zero-order chi connectivity index (χ0) is 12.7. The fraction of sp³-hybridized carbons (Fsp3) is 0.154. The summed E-state index contributed by atoms with van der Waals surface area (Å²) in [5.41, 5.74) is 1.19. The molecule has 1 N–H and O–H groups in total. The van der Waals surface area contributed by atoms with E-state index in [0.29, 0.717) is 22.8 Å². The van der Waals surface area contributed by atoms with Crippen LogP contribution in [0.15, 0.2) is 48.0 Å². The quantitative estimate of drug-likeness (QED) is 0.790. The Hall–Kier alpha value is -1.98. The van der Waals surface area contributed by atoms with Crippen molar-refractivity contribution in [3.8, 4) is 5.75 Å². The summed E-state index contributed by atoms with van der Waals surface area (Å²) in [6, 6.07) is 7.09. The monoisotopic (exact) mass is 280 g/mol. The van der Waals surface area contributed by atoms with Crippen molar-refractivity contribution in [3.05, 3.63) is 53.6 Å². The first-order chi connectivity index (χ1) is 8.66. The Balaban J connectivity index is 0.00000133. The van der Waals surface area contributed by atoms with Gasteiger partial charge in [-0.15, -0.1) is 12.4 Å². The maximum atomic E-state index is 12.3. The summed E-state index contributed by atoms with van der Waals surface area (Å²) >= 11 is 0. The van der Waals surface area contributed by atoms with Crippen molar-refractivity contribution in [1.82, 2.24) is 9.96 Å².